The lowest BCUT2D eigenvalue weighted by Crippen LogP contribution is -2.26. The first kappa shape index (κ1) is 17.9. The van der Waals surface area contributed by atoms with Crippen LogP contribution in [0.1, 0.15) is 46.0 Å². The summed E-state index contributed by atoms with van der Waals surface area (Å²) in [6.07, 6.45) is 5.14. The Bertz CT molecular complexity index is 524. The first-order chi connectivity index (χ1) is 9.84. The summed E-state index contributed by atoms with van der Waals surface area (Å²) in [5, 5.41) is 0. The fourth-order valence-electron chi connectivity index (χ4n) is 2.12. The molecule has 0 atom stereocenters. The summed E-state index contributed by atoms with van der Waals surface area (Å²) in [6.45, 7) is 4.68. The molecule has 1 aromatic carbocycles. The Kier molecular flexibility index (Phi) is 7.11. The van der Waals surface area contributed by atoms with Crippen LogP contribution >= 0.6 is 0 Å². The molecule has 0 heterocycles. The van der Waals surface area contributed by atoms with E-state index in [1.165, 1.54) is 18.6 Å². The van der Waals surface area contributed by atoms with Gasteiger partial charge in [0.15, 0.2) is 0 Å². The van der Waals surface area contributed by atoms with Crippen molar-refractivity contribution in [2.24, 2.45) is 5.92 Å². The van der Waals surface area contributed by atoms with E-state index in [0.29, 0.717) is 12.5 Å². The minimum Gasteiger partial charge on any atom is -0.398 e. The molecule has 0 bridgehead atoms. The highest BCUT2D eigenvalue weighted by atomic mass is 32.2. The smallest absolute Gasteiger partial charge is 0.245 e. The van der Waals surface area contributed by atoms with E-state index in [-0.39, 0.29) is 5.69 Å². The van der Waals surface area contributed by atoms with E-state index < -0.39 is 20.7 Å². The number of hydrogen-bond acceptors (Lipinski definition) is 3. The van der Waals surface area contributed by atoms with E-state index in [1.807, 2.05) is 0 Å². The van der Waals surface area contributed by atoms with E-state index in [4.69, 9.17) is 5.73 Å². The zero-order valence-electron chi connectivity index (χ0n) is 12.7. The highest BCUT2D eigenvalue weighted by Gasteiger charge is 2.21. The standard InChI is InChI=1S/C15H25FN2O2S/c1-12(2)8-5-3-4-6-11-18-21(19,20)15-13(16)9-7-10-14(15)17/h7,9-10,12,18H,3-6,8,11,17H2,1-2H3. The molecule has 1 aromatic rings. The SMILES string of the molecule is CC(C)CCCCCCNS(=O)(=O)c1c(N)cccc1F. The number of rotatable bonds is 9. The third kappa shape index (κ3) is 6.01. The minimum absolute atomic E-state index is 0.0700. The van der Waals surface area contributed by atoms with Gasteiger partial charge in [0.25, 0.3) is 0 Å². The van der Waals surface area contributed by atoms with Crippen LogP contribution in [-0.4, -0.2) is 15.0 Å². The zero-order chi connectivity index (χ0) is 15.9. The summed E-state index contributed by atoms with van der Waals surface area (Å²) < 4.78 is 40.0. The second kappa shape index (κ2) is 8.34. The monoisotopic (exact) mass is 316 g/mol. The molecule has 0 saturated heterocycles. The molecule has 21 heavy (non-hydrogen) atoms. The van der Waals surface area contributed by atoms with Crippen LogP contribution in [0.15, 0.2) is 23.1 Å². The number of sulfonamides is 1. The molecule has 1 rings (SSSR count). The Morgan fingerprint density at radius 1 is 1.19 bits per heavy atom. The number of benzene rings is 1. The molecule has 0 aliphatic heterocycles. The fraction of sp³-hybridized carbons (Fsp3) is 0.600. The summed E-state index contributed by atoms with van der Waals surface area (Å²) in [5.41, 5.74) is 5.48. The van der Waals surface area contributed by atoms with Crippen molar-refractivity contribution in [2.75, 3.05) is 12.3 Å². The van der Waals surface area contributed by atoms with Crippen LogP contribution in [0.4, 0.5) is 10.1 Å². The van der Waals surface area contributed by atoms with Crippen molar-refractivity contribution in [3.8, 4) is 0 Å². The molecule has 0 aliphatic carbocycles. The van der Waals surface area contributed by atoms with Crippen molar-refractivity contribution in [2.45, 2.75) is 50.8 Å². The lowest BCUT2D eigenvalue weighted by Gasteiger charge is -2.10. The van der Waals surface area contributed by atoms with Crippen molar-refractivity contribution >= 4 is 15.7 Å². The molecule has 0 amide bonds. The maximum atomic E-state index is 13.6. The van der Waals surface area contributed by atoms with E-state index in [9.17, 15) is 12.8 Å². The van der Waals surface area contributed by atoms with Crippen LogP contribution in [0.2, 0.25) is 0 Å². The van der Waals surface area contributed by atoms with E-state index in [2.05, 4.69) is 18.6 Å². The zero-order valence-corrected chi connectivity index (χ0v) is 13.5. The second-order valence-electron chi connectivity index (χ2n) is 5.65. The maximum absolute atomic E-state index is 13.6. The van der Waals surface area contributed by atoms with Gasteiger partial charge >= 0.3 is 0 Å². The quantitative estimate of drug-likeness (QED) is 0.542. The summed E-state index contributed by atoms with van der Waals surface area (Å²) in [4.78, 5) is -0.454. The van der Waals surface area contributed by atoms with Crippen molar-refractivity contribution in [1.82, 2.24) is 4.72 Å². The molecule has 6 heteroatoms. The first-order valence-electron chi connectivity index (χ1n) is 7.38. The van der Waals surface area contributed by atoms with Gasteiger partial charge in [-0.05, 0) is 24.5 Å². The van der Waals surface area contributed by atoms with Crippen molar-refractivity contribution in [3.63, 3.8) is 0 Å². The van der Waals surface area contributed by atoms with Gasteiger partial charge < -0.3 is 5.73 Å². The van der Waals surface area contributed by atoms with Gasteiger partial charge in [-0.25, -0.2) is 17.5 Å². The predicted molar refractivity (Wildman–Crippen MR) is 83.9 cm³/mol. The Labute approximate surface area is 127 Å². The van der Waals surface area contributed by atoms with Crippen LogP contribution in [0.3, 0.4) is 0 Å². The molecule has 0 spiro atoms. The summed E-state index contributed by atoms with van der Waals surface area (Å²) in [5.74, 6) is -0.119. The average molecular weight is 316 g/mol. The molecular formula is C15H25FN2O2S. The lowest BCUT2D eigenvalue weighted by atomic mass is 10.0. The third-order valence-corrected chi connectivity index (χ3v) is 4.82. The van der Waals surface area contributed by atoms with Crippen LogP contribution in [-0.2, 0) is 10.0 Å². The van der Waals surface area contributed by atoms with Gasteiger partial charge in [0.2, 0.25) is 10.0 Å². The molecule has 4 nitrogen and oxygen atoms in total. The Morgan fingerprint density at radius 2 is 1.86 bits per heavy atom. The molecule has 0 fully saturated rings. The predicted octanol–water partition coefficient (Wildman–Crippen LogP) is 3.29. The topological polar surface area (TPSA) is 72.2 Å². The number of nitrogen functional groups attached to an aromatic ring is 1. The van der Waals surface area contributed by atoms with E-state index in [1.54, 1.807) is 0 Å². The molecule has 0 aromatic heterocycles. The number of unbranched alkanes of at least 4 members (excludes halogenated alkanes) is 3. The summed E-state index contributed by atoms with van der Waals surface area (Å²) in [6, 6.07) is 3.86. The second-order valence-corrected chi connectivity index (χ2v) is 7.36. The van der Waals surface area contributed by atoms with Gasteiger partial charge in [-0.15, -0.1) is 0 Å². The molecule has 0 saturated carbocycles. The normalized spacial score (nSPS) is 12.0. The highest BCUT2D eigenvalue weighted by Crippen LogP contribution is 2.21. The average Bonchev–Trinajstić information content (AvgIpc) is 2.36. The van der Waals surface area contributed by atoms with E-state index in [0.717, 1.165) is 31.7 Å². The van der Waals surface area contributed by atoms with Gasteiger partial charge in [-0.2, -0.15) is 0 Å². The molecule has 3 N–H and O–H groups in total. The summed E-state index contributed by atoms with van der Waals surface area (Å²) >= 11 is 0. The van der Waals surface area contributed by atoms with Crippen molar-refractivity contribution in [3.05, 3.63) is 24.0 Å². The van der Waals surface area contributed by atoms with Gasteiger partial charge in [0, 0.05) is 6.54 Å². The fourth-order valence-corrected chi connectivity index (χ4v) is 3.38. The highest BCUT2D eigenvalue weighted by molar-refractivity contribution is 7.89. The Morgan fingerprint density at radius 3 is 2.48 bits per heavy atom. The summed E-state index contributed by atoms with van der Waals surface area (Å²) in [7, 11) is -3.88. The lowest BCUT2D eigenvalue weighted by molar-refractivity contribution is 0.516. The van der Waals surface area contributed by atoms with Crippen molar-refractivity contribution in [1.29, 1.82) is 0 Å². The molecule has 0 aliphatic rings. The van der Waals surface area contributed by atoms with Crippen molar-refractivity contribution < 1.29 is 12.8 Å². The maximum Gasteiger partial charge on any atom is 0.245 e. The largest absolute Gasteiger partial charge is 0.398 e. The minimum atomic E-state index is -3.88. The van der Waals surface area contributed by atoms with Gasteiger partial charge in [-0.1, -0.05) is 45.6 Å². The molecule has 120 valence electrons. The molecule has 0 unspecified atom stereocenters. The van der Waals surface area contributed by atoms with E-state index >= 15 is 0 Å². The van der Waals surface area contributed by atoms with Crippen LogP contribution < -0.4 is 10.5 Å². The first-order valence-corrected chi connectivity index (χ1v) is 8.86. The van der Waals surface area contributed by atoms with Gasteiger partial charge in [0.05, 0.1) is 5.69 Å². The van der Waals surface area contributed by atoms with Gasteiger partial charge in [-0.3, -0.25) is 0 Å². The van der Waals surface area contributed by atoms with Gasteiger partial charge in [0.1, 0.15) is 10.7 Å². The molecule has 0 radical (unpaired) electrons. The third-order valence-electron chi connectivity index (χ3n) is 3.27. The van der Waals surface area contributed by atoms with Crippen LogP contribution in [0, 0.1) is 11.7 Å². The van der Waals surface area contributed by atoms with Crippen LogP contribution in [0.25, 0.3) is 0 Å². The number of halogens is 1. The molecular weight excluding hydrogens is 291 g/mol. The Hall–Kier alpha value is -1.14. The number of nitrogens with one attached hydrogen (secondary N) is 1. The number of nitrogens with two attached hydrogens (primary N) is 1. The number of hydrogen-bond donors (Lipinski definition) is 2. The number of anilines is 1. The van der Waals surface area contributed by atoms with Crippen LogP contribution in [0.5, 0.6) is 0 Å². The Balaban J connectivity index is 2.41.